The van der Waals surface area contributed by atoms with E-state index in [-0.39, 0.29) is 0 Å². The van der Waals surface area contributed by atoms with E-state index in [1.54, 1.807) is 0 Å². The van der Waals surface area contributed by atoms with Gasteiger partial charge in [-0.05, 0) is 43.7 Å². The van der Waals surface area contributed by atoms with Crippen molar-refractivity contribution in [2.24, 2.45) is 11.7 Å². The van der Waals surface area contributed by atoms with Crippen LogP contribution in [0.1, 0.15) is 33.1 Å². The number of nitrogens with zero attached hydrogens (tertiary/aromatic N) is 1. The predicted molar refractivity (Wildman–Crippen MR) is 70.4 cm³/mol. The van der Waals surface area contributed by atoms with E-state index >= 15 is 0 Å². The normalized spacial score (nSPS) is 25.0. The number of hydrogen-bond donors (Lipinski definition) is 1. The summed E-state index contributed by atoms with van der Waals surface area (Å²) in [4.78, 5) is 2.67. The molecule has 0 amide bonds. The van der Waals surface area contributed by atoms with Crippen LogP contribution in [0.4, 0.5) is 0 Å². The molecule has 1 rings (SSSR count). The molecule has 3 heteroatoms. The van der Waals surface area contributed by atoms with Gasteiger partial charge in [-0.3, -0.25) is 4.90 Å². The second-order valence-corrected chi connectivity index (χ2v) is 5.85. The summed E-state index contributed by atoms with van der Waals surface area (Å²) in [5.74, 6) is 2.01. The van der Waals surface area contributed by atoms with Crippen LogP contribution in [-0.4, -0.2) is 42.1 Å². The summed E-state index contributed by atoms with van der Waals surface area (Å²) in [5, 5.41) is 0. The summed E-state index contributed by atoms with van der Waals surface area (Å²) in [6.07, 6.45) is 6.16. The van der Waals surface area contributed by atoms with Crippen molar-refractivity contribution in [1.29, 1.82) is 0 Å². The molecule has 0 saturated carbocycles. The van der Waals surface area contributed by atoms with Crippen LogP contribution in [0.5, 0.6) is 0 Å². The molecule has 2 nitrogen and oxygen atoms in total. The van der Waals surface area contributed by atoms with Crippen LogP contribution in [0.15, 0.2) is 0 Å². The summed E-state index contributed by atoms with van der Waals surface area (Å²) < 4.78 is 0. The Morgan fingerprint density at radius 2 is 2.20 bits per heavy atom. The van der Waals surface area contributed by atoms with Crippen molar-refractivity contribution >= 4 is 11.8 Å². The predicted octanol–water partition coefficient (Wildman–Crippen LogP) is 2.19. The number of nitrogens with two attached hydrogens (primary N) is 1. The van der Waals surface area contributed by atoms with Gasteiger partial charge in [-0.1, -0.05) is 13.8 Å². The summed E-state index contributed by atoms with van der Waals surface area (Å²) in [5.41, 5.74) is 5.90. The van der Waals surface area contributed by atoms with Crippen LogP contribution in [0.25, 0.3) is 0 Å². The van der Waals surface area contributed by atoms with E-state index in [2.05, 4.69) is 25.0 Å². The lowest BCUT2D eigenvalue weighted by molar-refractivity contribution is 0.146. The Bertz CT molecular complexity index is 173. The summed E-state index contributed by atoms with van der Waals surface area (Å²) in [7, 11) is 0. The molecule has 2 atom stereocenters. The van der Waals surface area contributed by atoms with Gasteiger partial charge in [-0.2, -0.15) is 11.8 Å². The summed E-state index contributed by atoms with van der Waals surface area (Å²) in [6.45, 7) is 6.76. The van der Waals surface area contributed by atoms with E-state index in [0.29, 0.717) is 6.04 Å². The molecule has 0 spiro atoms. The molecule has 0 bridgehead atoms. The fraction of sp³-hybridized carbons (Fsp3) is 1.00. The largest absolute Gasteiger partial charge is 0.329 e. The average Bonchev–Trinajstić information content (AvgIpc) is 2.68. The van der Waals surface area contributed by atoms with Gasteiger partial charge in [0.25, 0.3) is 0 Å². The second-order valence-electron chi connectivity index (χ2n) is 4.86. The molecule has 1 saturated heterocycles. The van der Waals surface area contributed by atoms with Gasteiger partial charge in [0.2, 0.25) is 0 Å². The van der Waals surface area contributed by atoms with E-state index in [4.69, 9.17) is 5.73 Å². The summed E-state index contributed by atoms with van der Waals surface area (Å²) in [6, 6.07) is 1.40. The first kappa shape index (κ1) is 13.3. The van der Waals surface area contributed by atoms with Gasteiger partial charge in [-0.25, -0.2) is 0 Å². The minimum absolute atomic E-state index is 0.618. The topological polar surface area (TPSA) is 29.3 Å². The van der Waals surface area contributed by atoms with Crippen molar-refractivity contribution in [3.63, 3.8) is 0 Å². The van der Waals surface area contributed by atoms with Crippen molar-refractivity contribution < 1.29 is 0 Å². The van der Waals surface area contributed by atoms with Crippen molar-refractivity contribution in [1.82, 2.24) is 4.90 Å². The average molecular weight is 230 g/mol. The molecule has 1 aliphatic heterocycles. The van der Waals surface area contributed by atoms with Gasteiger partial charge in [0, 0.05) is 18.6 Å². The summed E-state index contributed by atoms with van der Waals surface area (Å²) >= 11 is 1.93. The Kier molecular flexibility index (Phi) is 6.02. The molecular formula is C12H26N2S. The highest BCUT2D eigenvalue weighted by molar-refractivity contribution is 7.98. The van der Waals surface area contributed by atoms with Crippen LogP contribution in [0.2, 0.25) is 0 Å². The van der Waals surface area contributed by atoms with E-state index in [1.807, 2.05) is 11.8 Å². The first-order valence-electron chi connectivity index (χ1n) is 6.15. The molecule has 15 heavy (non-hydrogen) atoms. The maximum absolute atomic E-state index is 5.90. The monoisotopic (exact) mass is 230 g/mol. The highest BCUT2D eigenvalue weighted by Gasteiger charge is 2.31. The molecule has 1 heterocycles. The molecule has 0 aliphatic carbocycles. The van der Waals surface area contributed by atoms with Gasteiger partial charge in [0.05, 0.1) is 0 Å². The Morgan fingerprint density at radius 3 is 2.73 bits per heavy atom. The standard InChI is InChI=1S/C12H26N2S/c1-10(2)12-5-4-7-14(12)11(9-13)6-8-15-3/h10-12H,4-9,13H2,1-3H3. The van der Waals surface area contributed by atoms with Crippen molar-refractivity contribution in [2.45, 2.75) is 45.2 Å². The maximum atomic E-state index is 5.90. The fourth-order valence-electron chi connectivity index (χ4n) is 2.66. The maximum Gasteiger partial charge on any atom is 0.0229 e. The molecule has 90 valence electrons. The van der Waals surface area contributed by atoms with Crippen molar-refractivity contribution in [3.05, 3.63) is 0 Å². The van der Waals surface area contributed by atoms with Crippen LogP contribution < -0.4 is 5.73 Å². The fourth-order valence-corrected chi connectivity index (χ4v) is 3.17. The van der Waals surface area contributed by atoms with E-state index in [1.165, 1.54) is 31.6 Å². The molecule has 1 aliphatic rings. The van der Waals surface area contributed by atoms with Gasteiger partial charge in [0.1, 0.15) is 0 Å². The number of thioether (sulfide) groups is 1. The Labute approximate surface area is 99.0 Å². The number of rotatable bonds is 6. The third kappa shape index (κ3) is 3.65. The SMILES string of the molecule is CSCCC(CN)N1CCCC1C(C)C. The van der Waals surface area contributed by atoms with Crippen molar-refractivity contribution in [3.8, 4) is 0 Å². The smallest absolute Gasteiger partial charge is 0.0229 e. The second kappa shape index (κ2) is 6.77. The third-order valence-electron chi connectivity index (χ3n) is 3.51. The van der Waals surface area contributed by atoms with Gasteiger partial charge < -0.3 is 5.73 Å². The van der Waals surface area contributed by atoms with Gasteiger partial charge in [0.15, 0.2) is 0 Å². The highest BCUT2D eigenvalue weighted by atomic mass is 32.2. The van der Waals surface area contributed by atoms with Crippen LogP contribution in [0.3, 0.4) is 0 Å². The first-order chi connectivity index (χ1) is 7.20. The molecular weight excluding hydrogens is 204 g/mol. The van der Waals surface area contributed by atoms with E-state index < -0.39 is 0 Å². The number of hydrogen-bond acceptors (Lipinski definition) is 3. The van der Waals surface area contributed by atoms with Crippen LogP contribution in [0, 0.1) is 5.92 Å². The Hall–Kier alpha value is 0.270. The quantitative estimate of drug-likeness (QED) is 0.758. The lowest BCUT2D eigenvalue weighted by Gasteiger charge is -2.34. The zero-order chi connectivity index (χ0) is 11.3. The van der Waals surface area contributed by atoms with Gasteiger partial charge >= 0.3 is 0 Å². The molecule has 1 fully saturated rings. The highest BCUT2D eigenvalue weighted by Crippen LogP contribution is 2.26. The molecule has 0 aromatic carbocycles. The Balaban J connectivity index is 2.50. The Morgan fingerprint density at radius 1 is 1.47 bits per heavy atom. The number of likely N-dealkylation sites (tertiary alicyclic amines) is 1. The van der Waals surface area contributed by atoms with E-state index in [9.17, 15) is 0 Å². The molecule has 2 unspecified atom stereocenters. The zero-order valence-corrected chi connectivity index (χ0v) is 11.2. The molecule has 0 aromatic heterocycles. The van der Waals surface area contributed by atoms with E-state index in [0.717, 1.165) is 18.5 Å². The van der Waals surface area contributed by atoms with Gasteiger partial charge in [-0.15, -0.1) is 0 Å². The lowest BCUT2D eigenvalue weighted by atomic mass is 10.0. The first-order valence-corrected chi connectivity index (χ1v) is 7.54. The van der Waals surface area contributed by atoms with Crippen LogP contribution >= 0.6 is 11.8 Å². The van der Waals surface area contributed by atoms with Crippen LogP contribution in [-0.2, 0) is 0 Å². The minimum atomic E-state index is 0.618. The third-order valence-corrected chi connectivity index (χ3v) is 4.15. The molecule has 0 aromatic rings. The molecule has 2 N–H and O–H groups in total. The minimum Gasteiger partial charge on any atom is -0.329 e. The zero-order valence-electron chi connectivity index (χ0n) is 10.4. The molecule has 0 radical (unpaired) electrons. The van der Waals surface area contributed by atoms with Crippen molar-refractivity contribution in [2.75, 3.05) is 25.1 Å². The lowest BCUT2D eigenvalue weighted by Crippen LogP contribution is -2.45.